The van der Waals surface area contributed by atoms with Gasteiger partial charge in [0.05, 0.1) is 13.7 Å². The number of furan rings is 1. The summed E-state index contributed by atoms with van der Waals surface area (Å²) in [6, 6.07) is 13.1. The highest BCUT2D eigenvalue weighted by atomic mass is 16.5. The quantitative estimate of drug-likeness (QED) is 0.751. The maximum Gasteiger partial charge on any atom is 0.254 e. The average Bonchev–Trinajstić information content (AvgIpc) is 3.40. The Morgan fingerprint density at radius 3 is 2.78 bits per heavy atom. The van der Waals surface area contributed by atoms with E-state index < -0.39 is 0 Å². The van der Waals surface area contributed by atoms with Crippen LogP contribution in [0.15, 0.2) is 53.1 Å². The molecule has 1 N–H and O–H groups in total. The van der Waals surface area contributed by atoms with E-state index in [2.05, 4.69) is 15.1 Å². The van der Waals surface area contributed by atoms with E-state index in [1.807, 2.05) is 41.3 Å². The van der Waals surface area contributed by atoms with Crippen LogP contribution in [0.4, 0.5) is 0 Å². The summed E-state index contributed by atoms with van der Waals surface area (Å²) in [6.07, 6.45) is 1.70. The number of nitrogens with zero attached hydrogens (tertiary/aromatic N) is 3. The second-order valence-corrected chi connectivity index (χ2v) is 6.54. The van der Waals surface area contributed by atoms with E-state index in [0.717, 1.165) is 36.8 Å². The van der Waals surface area contributed by atoms with Crippen LogP contribution in [0.5, 0.6) is 5.75 Å². The van der Waals surface area contributed by atoms with E-state index in [1.165, 1.54) is 0 Å². The number of amides is 1. The monoisotopic (exact) mass is 366 g/mol. The summed E-state index contributed by atoms with van der Waals surface area (Å²) in [7, 11) is 1.61. The normalized spacial score (nSPS) is 15.1. The second-order valence-electron chi connectivity index (χ2n) is 6.54. The zero-order valence-corrected chi connectivity index (χ0v) is 15.2. The number of aromatic amines is 1. The van der Waals surface area contributed by atoms with E-state index in [-0.39, 0.29) is 5.91 Å². The summed E-state index contributed by atoms with van der Waals surface area (Å²) in [6.45, 7) is 3.76. The number of hydrogen-bond donors (Lipinski definition) is 1. The van der Waals surface area contributed by atoms with Crippen LogP contribution in [-0.4, -0.2) is 59.2 Å². The first kappa shape index (κ1) is 17.4. The Balaban J connectivity index is 1.33. The van der Waals surface area contributed by atoms with Crippen molar-refractivity contribution in [3.63, 3.8) is 0 Å². The van der Waals surface area contributed by atoms with Crippen LogP contribution >= 0.6 is 0 Å². The summed E-state index contributed by atoms with van der Waals surface area (Å²) < 4.78 is 11.1. The largest absolute Gasteiger partial charge is 0.497 e. The van der Waals surface area contributed by atoms with Crippen LogP contribution in [0.25, 0.3) is 11.5 Å². The lowest BCUT2D eigenvalue weighted by atomic mass is 10.1. The molecule has 1 fully saturated rings. The predicted molar refractivity (Wildman–Crippen MR) is 100 cm³/mol. The third-order valence-electron chi connectivity index (χ3n) is 4.78. The predicted octanol–water partition coefficient (Wildman–Crippen LogP) is 2.64. The van der Waals surface area contributed by atoms with E-state index in [4.69, 9.17) is 9.15 Å². The SMILES string of the molecule is COc1cccc(C(=O)N2CCN(Cc3ccc(-c4ccn[nH]4)o3)CC2)c1. The van der Waals surface area contributed by atoms with Crippen molar-refractivity contribution in [2.45, 2.75) is 6.54 Å². The van der Waals surface area contributed by atoms with Crippen LogP contribution < -0.4 is 4.74 Å². The Morgan fingerprint density at radius 2 is 2.04 bits per heavy atom. The van der Waals surface area contributed by atoms with Crippen molar-refractivity contribution >= 4 is 5.91 Å². The van der Waals surface area contributed by atoms with Gasteiger partial charge in [0, 0.05) is 37.9 Å². The molecule has 1 amide bonds. The molecule has 3 heterocycles. The van der Waals surface area contributed by atoms with Crippen molar-refractivity contribution in [2.75, 3.05) is 33.3 Å². The van der Waals surface area contributed by atoms with Crippen LogP contribution in [0.2, 0.25) is 0 Å². The molecular weight excluding hydrogens is 344 g/mol. The topological polar surface area (TPSA) is 74.6 Å². The molecule has 2 aromatic heterocycles. The molecule has 0 atom stereocenters. The van der Waals surface area contributed by atoms with Crippen molar-refractivity contribution in [1.82, 2.24) is 20.0 Å². The summed E-state index contributed by atoms with van der Waals surface area (Å²) >= 11 is 0. The highest BCUT2D eigenvalue weighted by molar-refractivity contribution is 5.94. The van der Waals surface area contributed by atoms with Gasteiger partial charge in [-0.15, -0.1) is 0 Å². The fraction of sp³-hybridized carbons (Fsp3) is 0.300. The highest BCUT2D eigenvalue weighted by Crippen LogP contribution is 2.21. The van der Waals surface area contributed by atoms with Gasteiger partial charge in [0.2, 0.25) is 0 Å². The van der Waals surface area contributed by atoms with Gasteiger partial charge in [0.25, 0.3) is 5.91 Å². The molecule has 0 bridgehead atoms. The molecule has 4 rings (SSSR count). The van der Waals surface area contributed by atoms with Gasteiger partial charge in [-0.25, -0.2) is 0 Å². The van der Waals surface area contributed by atoms with Gasteiger partial charge < -0.3 is 14.1 Å². The summed E-state index contributed by atoms with van der Waals surface area (Å²) in [5.74, 6) is 2.44. The van der Waals surface area contributed by atoms with Crippen LogP contribution in [0.3, 0.4) is 0 Å². The summed E-state index contributed by atoms with van der Waals surface area (Å²) in [5, 5.41) is 6.85. The molecule has 0 aliphatic carbocycles. The van der Waals surface area contributed by atoms with Crippen LogP contribution in [0, 0.1) is 0 Å². The van der Waals surface area contributed by atoms with Gasteiger partial charge in [-0.3, -0.25) is 14.8 Å². The highest BCUT2D eigenvalue weighted by Gasteiger charge is 2.23. The van der Waals surface area contributed by atoms with E-state index >= 15 is 0 Å². The van der Waals surface area contributed by atoms with Crippen molar-refractivity contribution in [1.29, 1.82) is 0 Å². The van der Waals surface area contributed by atoms with E-state index in [9.17, 15) is 4.79 Å². The van der Waals surface area contributed by atoms with Gasteiger partial charge in [0.1, 0.15) is 17.2 Å². The summed E-state index contributed by atoms with van der Waals surface area (Å²) in [4.78, 5) is 16.9. The minimum atomic E-state index is 0.0491. The molecule has 3 aromatic rings. The molecule has 1 aromatic carbocycles. The minimum absolute atomic E-state index is 0.0491. The van der Waals surface area contributed by atoms with Gasteiger partial charge in [-0.2, -0.15) is 5.10 Å². The molecule has 7 nitrogen and oxygen atoms in total. The number of carbonyl (C=O) groups is 1. The Labute approximate surface area is 157 Å². The van der Waals surface area contributed by atoms with Gasteiger partial charge in [-0.05, 0) is 36.4 Å². The third kappa shape index (κ3) is 3.88. The maximum absolute atomic E-state index is 12.7. The number of rotatable bonds is 5. The second kappa shape index (κ2) is 7.67. The van der Waals surface area contributed by atoms with Crippen molar-refractivity contribution < 1.29 is 13.9 Å². The minimum Gasteiger partial charge on any atom is -0.497 e. The number of carbonyl (C=O) groups excluding carboxylic acids is 1. The standard InChI is InChI=1S/C20H22N4O3/c1-26-16-4-2-3-15(13-16)20(25)24-11-9-23(10-12-24)14-17-5-6-19(27-17)18-7-8-21-22-18/h2-8,13H,9-12,14H2,1H3,(H,21,22). The summed E-state index contributed by atoms with van der Waals surface area (Å²) in [5.41, 5.74) is 1.54. The molecule has 7 heteroatoms. The lowest BCUT2D eigenvalue weighted by Gasteiger charge is -2.34. The Kier molecular flexibility index (Phi) is 4.93. The van der Waals surface area contributed by atoms with E-state index in [0.29, 0.717) is 24.4 Å². The zero-order chi connectivity index (χ0) is 18.6. The fourth-order valence-electron chi connectivity index (χ4n) is 3.27. The van der Waals surface area contributed by atoms with Crippen LogP contribution in [-0.2, 0) is 6.54 Å². The number of ether oxygens (including phenoxy) is 1. The molecule has 1 aliphatic heterocycles. The molecule has 27 heavy (non-hydrogen) atoms. The molecule has 0 radical (unpaired) electrons. The lowest BCUT2D eigenvalue weighted by Crippen LogP contribution is -2.48. The maximum atomic E-state index is 12.7. The van der Waals surface area contributed by atoms with Gasteiger partial charge in [0.15, 0.2) is 5.76 Å². The zero-order valence-electron chi connectivity index (χ0n) is 15.2. The smallest absolute Gasteiger partial charge is 0.254 e. The Morgan fingerprint density at radius 1 is 1.19 bits per heavy atom. The lowest BCUT2D eigenvalue weighted by molar-refractivity contribution is 0.0620. The Hall–Kier alpha value is -3.06. The molecule has 140 valence electrons. The number of H-pyrrole nitrogens is 1. The number of benzene rings is 1. The number of methoxy groups -OCH3 is 1. The first-order valence-corrected chi connectivity index (χ1v) is 8.97. The molecule has 1 saturated heterocycles. The molecular formula is C20H22N4O3. The number of aromatic nitrogens is 2. The van der Waals surface area contributed by atoms with Gasteiger partial charge >= 0.3 is 0 Å². The Bertz CT molecular complexity index is 896. The molecule has 0 saturated carbocycles. The van der Waals surface area contributed by atoms with Crippen LogP contribution in [0.1, 0.15) is 16.1 Å². The third-order valence-corrected chi connectivity index (χ3v) is 4.78. The van der Waals surface area contributed by atoms with Crippen molar-refractivity contribution in [3.8, 4) is 17.2 Å². The fourth-order valence-corrected chi connectivity index (χ4v) is 3.27. The number of piperazine rings is 1. The first-order valence-electron chi connectivity index (χ1n) is 8.97. The van der Waals surface area contributed by atoms with Crippen molar-refractivity contribution in [3.05, 3.63) is 60.0 Å². The number of hydrogen-bond acceptors (Lipinski definition) is 5. The average molecular weight is 366 g/mol. The number of nitrogens with one attached hydrogen (secondary N) is 1. The first-order chi connectivity index (χ1) is 13.2. The molecule has 0 unspecified atom stereocenters. The van der Waals surface area contributed by atoms with Crippen molar-refractivity contribution in [2.24, 2.45) is 0 Å². The molecule has 1 aliphatic rings. The van der Waals surface area contributed by atoms with Gasteiger partial charge in [-0.1, -0.05) is 6.07 Å². The van der Waals surface area contributed by atoms with E-state index in [1.54, 1.807) is 19.4 Å². The molecule has 0 spiro atoms.